The van der Waals surface area contributed by atoms with Crippen molar-refractivity contribution in [1.29, 1.82) is 0 Å². The van der Waals surface area contributed by atoms with Crippen LogP contribution in [0.15, 0.2) is 55.0 Å². The molecule has 0 saturated heterocycles. The summed E-state index contributed by atoms with van der Waals surface area (Å²) in [7, 11) is 4.23. The number of aryl methyl sites for hydroxylation is 2. The predicted octanol–water partition coefficient (Wildman–Crippen LogP) is 4.29. The number of benzene rings is 2. The number of hydrogen-bond donors (Lipinski definition) is 0. The first-order chi connectivity index (χ1) is 11.9. The fourth-order valence-electron chi connectivity index (χ4n) is 4.00. The lowest BCUT2D eigenvalue weighted by atomic mass is 9.73. The predicted molar refractivity (Wildman–Crippen MR) is 102 cm³/mol. The second kappa shape index (κ2) is 5.41. The molecular formula is C22H24N3+. The molecule has 1 aliphatic rings. The summed E-state index contributed by atoms with van der Waals surface area (Å²) in [6, 6.07) is 13.4. The van der Waals surface area contributed by atoms with E-state index in [1.165, 1.54) is 33.6 Å². The molecule has 1 aromatic heterocycles. The Morgan fingerprint density at radius 1 is 1.04 bits per heavy atom. The number of aromatic nitrogens is 2. The average molecular weight is 330 g/mol. The number of para-hydroxylation sites is 1. The summed E-state index contributed by atoms with van der Waals surface area (Å²) in [5.41, 5.74) is 8.94. The van der Waals surface area contributed by atoms with Gasteiger partial charge in [0.2, 0.25) is 5.69 Å². The fraction of sp³-hybridized carbons (Fsp3) is 0.273. The minimum Gasteiger partial charge on any atom is -0.344 e. The third-order valence-corrected chi connectivity index (χ3v) is 5.55. The first-order valence-electron chi connectivity index (χ1n) is 8.69. The highest BCUT2D eigenvalue weighted by atomic mass is 15.1. The maximum absolute atomic E-state index is 4.32. The number of hydrogen-bond acceptors (Lipinski definition) is 2. The third kappa shape index (κ3) is 2.26. The largest absolute Gasteiger partial charge is 0.344 e. The fourth-order valence-corrected chi connectivity index (χ4v) is 4.00. The lowest BCUT2D eigenvalue weighted by molar-refractivity contribution is -0.660. The molecule has 3 heteroatoms. The first-order valence-corrected chi connectivity index (χ1v) is 8.69. The van der Waals surface area contributed by atoms with Crippen molar-refractivity contribution in [2.75, 3.05) is 11.9 Å². The monoisotopic (exact) mass is 330 g/mol. The summed E-state index contributed by atoms with van der Waals surface area (Å²) in [4.78, 5) is 6.64. The van der Waals surface area contributed by atoms with E-state index in [1.807, 2.05) is 18.6 Å². The summed E-state index contributed by atoms with van der Waals surface area (Å²) < 4.78 is 2.13. The third-order valence-electron chi connectivity index (χ3n) is 5.55. The number of nitrogens with zero attached hydrogens (tertiary/aromatic N) is 3. The molecule has 0 fully saturated rings. The molecule has 25 heavy (non-hydrogen) atoms. The molecule has 0 N–H and O–H groups in total. The molecule has 0 saturated carbocycles. The molecule has 1 aliphatic heterocycles. The average Bonchev–Trinajstić information content (AvgIpc) is 2.61. The Hall–Kier alpha value is -2.68. The SMILES string of the molecule is Cc1cc2c(cc1-c1cncc[n+]1C)N(C)c1ccccc1C2(C)C. The number of anilines is 2. The van der Waals surface area contributed by atoms with E-state index >= 15 is 0 Å². The van der Waals surface area contributed by atoms with Crippen molar-refractivity contribution in [3.63, 3.8) is 0 Å². The maximum Gasteiger partial charge on any atom is 0.231 e. The van der Waals surface area contributed by atoms with Crippen LogP contribution in [0.2, 0.25) is 0 Å². The molecule has 0 unspecified atom stereocenters. The van der Waals surface area contributed by atoms with Crippen LogP contribution >= 0.6 is 0 Å². The number of fused-ring (bicyclic) bond motifs is 2. The molecule has 4 rings (SSSR count). The maximum atomic E-state index is 4.32. The number of rotatable bonds is 1. The van der Waals surface area contributed by atoms with Crippen LogP contribution in [0.5, 0.6) is 0 Å². The smallest absolute Gasteiger partial charge is 0.231 e. The Kier molecular flexibility index (Phi) is 3.43. The van der Waals surface area contributed by atoms with Crippen LogP contribution in [-0.4, -0.2) is 12.0 Å². The molecule has 0 radical (unpaired) electrons. The van der Waals surface area contributed by atoms with Crippen molar-refractivity contribution in [1.82, 2.24) is 4.98 Å². The van der Waals surface area contributed by atoms with Crippen LogP contribution in [0.4, 0.5) is 11.4 Å². The second-order valence-corrected chi connectivity index (χ2v) is 7.46. The zero-order valence-corrected chi connectivity index (χ0v) is 15.5. The molecule has 0 atom stereocenters. The molecule has 0 spiro atoms. The first kappa shape index (κ1) is 15.8. The Bertz CT molecular complexity index is 973. The summed E-state index contributed by atoms with van der Waals surface area (Å²) in [5, 5.41) is 0. The van der Waals surface area contributed by atoms with Gasteiger partial charge in [-0.3, -0.25) is 4.98 Å². The minimum absolute atomic E-state index is 0.0150. The van der Waals surface area contributed by atoms with E-state index in [4.69, 9.17) is 0 Å². The molecule has 3 nitrogen and oxygen atoms in total. The van der Waals surface area contributed by atoms with Gasteiger partial charge in [0.1, 0.15) is 7.05 Å². The molecule has 3 aromatic rings. The summed E-state index contributed by atoms with van der Waals surface area (Å²) in [6.07, 6.45) is 5.76. The molecule has 0 amide bonds. The van der Waals surface area contributed by atoms with Gasteiger partial charge in [-0.05, 0) is 35.7 Å². The normalized spacial score (nSPS) is 14.8. The van der Waals surface area contributed by atoms with Crippen molar-refractivity contribution >= 4 is 11.4 Å². The molecule has 0 aliphatic carbocycles. The van der Waals surface area contributed by atoms with Gasteiger partial charge >= 0.3 is 0 Å². The van der Waals surface area contributed by atoms with Crippen molar-refractivity contribution in [3.05, 3.63) is 71.7 Å². The van der Waals surface area contributed by atoms with E-state index in [0.717, 1.165) is 5.69 Å². The van der Waals surface area contributed by atoms with E-state index in [0.29, 0.717) is 0 Å². The van der Waals surface area contributed by atoms with Gasteiger partial charge in [-0.1, -0.05) is 38.1 Å². The highest BCUT2D eigenvalue weighted by molar-refractivity contribution is 5.81. The quantitative estimate of drug-likeness (QED) is 0.620. The summed E-state index contributed by atoms with van der Waals surface area (Å²) in [5.74, 6) is 0. The zero-order chi connectivity index (χ0) is 17.8. The van der Waals surface area contributed by atoms with E-state index in [9.17, 15) is 0 Å². The highest BCUT2D eigenvalue weighted by Gasteiger charge is 2.35. The van der Waals surface area contributed by atoms with Crippen LogP contribution < -0.4 is 9.47 Å². The minimum atomic E-state index is -0.0150. The van der Waals surface area contributed by atoms with E-state index in [2.05, 4.69) is 85.7 Å². The van der Waals surface area contributed by atoms with Gasteiger partial charge in [0.05, 0.1) is 18.0 Å². The molecule has 126 valence electrons. The Labute approximate surface area is 149 Å². The van der Waals surface area contributed by atoms with Crippen LogP contribution in [0, 0.1) is 6.92 Å². The Balaban J connectivity index is 1.99. The van der Waals surface area contributed by atoms with Crippen LogP contribution in [0.3, 0.4) is 0 Å². The lowest BCUT2D eigenvalue weighted by Gasteiger charge is -2.40. The lowest BCUT2D eigenvalue weighted by Crippen LogP contribution is -2.32. The van der Waals surface area contributed by atoms with Gasteiger partial charge < -0.3 is 4.90 Å². The Morgan fingerprint density at radius 2 is 1.80 bits per heavy atom. The van der Waals surface area contributed by atoms with E-state index in [-0.39, 0.29) is 5.41 Å². The summed E-state index contributed by atoms with van der Waals surface area (Å²) in [6.45, 7) is 6.83. The Morgan fingerprint density at radius 3 is 2.56 bits per heavy atom. The van der Waals surface area contributed by atoms with Gasteiger partial charge in [-0.2, -0.15) is 4.57 Å². The van der Waals surface area contributed by atoms with Crippen molar-refractivity contribution in [3.8, 4) is 11.3 Å². The van der Waals surface area contributed by atoms with Gasteiger partial charge in [-0.15, -0.1) is 0 Å². The molecule has 2 aromatic carbocycles. The summed E-state index contributed by atoms with van der Waals surface area (Å²) >= 11 is 0. The standard InChI is InChI=1S/C22H24N3/c1-15-12-18-20(13-16(15)21-14-23-10-11-24(21)4)25(5)19-9-7-6-8-17(19)22(18,2)3/h6-14H,1-5H3/q+1. The molecule has 0 bridgehead atoms. The topological polar surface area (TPSA) is 20.0 Å². The zero-order valence-electron chi connectivity index (χ0n) is 15.5. The van der Waals surface area contributed by atoms with E-state index < -0.39 is 0 Å². The van der Waals surface area contributed by atoms with Gasteiger partial charge in [0, 0.05) is 23.8 Å². The van der Waals surface area contributed by atoms with Crippen molar-refractivity contribution in [2.24, 2.45) is 7.05 Å². The van der Waals surface area contributed by atoms with Crippen molar-refractivity contribution < 1.29 is 4.57 Å². The van der Waals surface area contributed by atoms with Gasteiger partial charge in [0.15, 0.2) is 6.20 Å². The highest BCUT2D eigenvalue weighted by Crippen LogP contribution is 2.49. The van der Waals surface area contributed by atoms with Gasteiger partial charge in [-0.25, -0.2) is 0 Å². The van der Waals surface area contributed by atoms with Crippen LogP contribution in [0.25, 0.3) is 11.3 Å². The van der Waals surface area contributed by atoms with Crippen molar-refractivity contribution in [2.45, 2.75) is 26.2 Å². The second-order valence-electron chi connectivity index (χ2n) is 7.46. The van der Waals surface area contributed by atoms with Crippen LogP contribution in [0.1, 0.15) is 30.5 Å². The van der Waals surface area contributed by atoms with Gasteiger partial charge in [0.25, 0.3) is 0 Å². The molecule has 2 heterocycles. The van der Waals surface area contributed by atoms with Crippen LogP contribution in [-0.2, 0) is 12.5 Å². The van der Waals surface area contributed by atoms with E-state index in [1.54, 1.807) is 0 Å². The molecular weight excluding hydrogens is 306 g/mol.